The van der Waals surface area contributed by atoms with Crippen molar-refractivity contribution in [3.8, 4) is 23.0 Å². The number of benzene rings is 2. The van der Waals surface area contributed by atoms with Crippen molar-refractivity contribution in [2.75, 3.05) is 39.8 Å². The molecular weight excluding hydrogens is 360 g/mol. The van der Waals surface area contributed by atoms with Crippen LogP contribution in [0.3, 0.4) is 0 Å². The van der Waals surface area contributed by atoms with Crippen molar-refractivity contribution in [3.63, 3.8) is 0 Å². The molecule has 2 aromatic carbocycles. The second-order valence-electron chi connectivity index (χ2n) is 6.62. The normalized spacial score (nSPS) is 17.9. The number of hydrogen-bond donors (Lipinski definition) is 0. The van der Waals surface area contributed by atoms with Gasteiger partial charge in [0.1, 0.15) is 0 Å². The maximum atomic E-state index is 5.40. The molecule has 0 saturated carbocycles. The highest BCUT2D eigenvalue weighted by atomic mass is 16.7. The van der Waals surface area contributed by atoms with Gasteiger partial charge in [0.05, 0.1) is 38.6 Å². The maximum absolute atomic E-state index is 5.40. The molecule has 3 aliphatic rings. The monoisotopic (exact) mass is 380 g/mol. The van der Waals surface area contributed by atoms with Gasteiger partial charge in [-0.25, -0.2) is 0 Å². The molecule has 0 atom stereocenters. The van der Waals surface area contributed by atoms with E-state index in [4.69, 9.17) is 18.9 Å². The van der Waals surface area contributed by atoms with Crippen LogP contribution in [-0.4, -0.2) is 62.2 Å². The molecule has 3 aliphatic heterocycles. The molecule has 0 amide bonds. The van der Waals surface area contributed by atoms with E-state index in [-0.39, 0.29) is 13.6 Å². The molecule has 1 fully saturated rings. The number of hydrogen-bond acceptors (Lipinski definition) is 8. The molecule has 0 aromatic heterocycles. The van der Waals surface area contributed by atoms with Crippen molar-refractivity contribution in [1.29, 1.82) is 0 Å². The molecule has 0 unspecified atom stereocenters. The van der Waals surface area contributed by atoms with Gasteiger partial charge in [-0.2, -0.15) is 10.2 Å². The summed E-state index contributed by atoms with van der Waals surface area (Å²) in [4.78, 5) is 0. The lowest BCUT2D eigenvalue weighted by Gasteiger charge is -2.31. The number of rotatable bonds is 4. The van der Waals surface area contributed by atoms with Crippen LogP contribution in [-0.2, 0) is 0 Å². The average molecular weight is 380 g/mol. The van der Waals surface area contributed by atoms with Crippen LogP contribution in [0.5, 0.6) is 23.0 Å². The third-order valence-electron chi connectivity index (χ3n) is 4.77. The van der Waals surface area contributed by atoms with E-state index in [0.29, 0.717) is 0 Å². The van der Waals surface area contributed by atoms with Gasteiger partial charge < -0.3 is 18.9 Å². The standard InChI is InChI=1S/C20H20N4O4/c1-3-17-19(27-13-25-17)9-15(1)11-21-23-5-7-24(8-6-23)22-12-16-2-4-18-20(10-16)28-14-26-18/h1-4,9-12H,5-8,13-14H2. The van der Waals surface area contributed by atoms with Crippen molar-refractivity contribution in [2.45, 2.75) is 0 Å². The van der Waals surface area contributed by atoms with Gasteiger partial charge in [0.2, 0.25) is 13.6 Å². The first-order chi connectivity index (χ1) is 13.8. The number of hydrazone groups is 2. The van der Waals surface area contributed by atoms with E-state index < -0.39 is 0 Å². The van der Waals surface area contributed by atoms with Crippen LogP contribution >= 0.6 is 0 Å². The van der Waals surface area contributed by atoms with Gasteiger partial charge in [0.25, 0.3) is 0 Å². The summed E-state index contributed by atoms with van der Waals surface area (Å²) >= 11 is 0. The van der Waals surface area contributed by atoms with Gasteiger partial charge in [-0.1, -0.05) is 0 Å². The van der Waals surface area contributed by atoms with Crippen LogP contribution in [0.15, 0.2) is 46.6 Å². The van der Waals surface area contributed by atoms with Crippen molar-refractivity contribution in [2.24, 2.45) is 10.2 Å². The number of ether oxygens (including phenoxy) is 4. The van der Waals surface area contributed by atoms with E-state index in [2.05, 4.69) is 20.2 Å². The van der Waals surface area contributed by atoms with E-state index >= 15 is 0 Å². The topological polar surface area (TPSA) is 68.1 Å². The predicted octanol–water partition coefficient (Wildman–Crippen LogP) is 2.13. The largest absolute Gasteiger partial charge is 0.454 e. The molecule has 0 N–H and O–H groups in total. The van der Waals surface area contributed by atoms with Crippen molar-refractivity contribution >= 4 is 12.4 Å². The Kier molecular flexibility index (Phi) is 4.36. The second-order valence-corrected chi connectivity index (χ2v) is 6.62. The first-order valence-electron chi connectivity index (χ1n) is 9.21. The Bertz CT molecular complexity index is 847. The zero-order valence-corrected chi connectivity index (χ0v) is 15.3. The summed E-state index contributed by atoms with van der Waals surface area (Å²) in [6.07, 6.45) is 3.71. The lowest BCUT2D eigenvalue weighted by molar-refractivity contribution is 0.141. The summed E-state index contributed by atoms with van der Waals surface area (Å²) in [5.41, 5.74) is 1.99. The summed E-state index contributed by atoms with van der Waals surface area (Å²) in [5, 5.41) is 13.3. The predicted molar refractivity (Wildman–Crippen MR) is 103 cm³/mol. The van der Waals surface area contributed by atoms with E-state index in [1.54, 1.807) is 0 Å². The van der Waals surface area contributed by atoms with Crippen molar-refractivity contribution < 1.29 is 18.9 Å². The van der Waals surface area contributed by atoms with E-state index in [1.807, 2.05) is 48.8 Å². The van der Waals surface area contributed by atoms with Gasteiger partial charge in [0.15, 0.2) is 23.0 Å². The molecule has 5 rings (SSSR count). The Morgan fingerprint density at radius 3 is 1.50 bits per heavy atom. The molecule has 28 heavy (non-hydrogen) atoms. The Labute approximate surface area is 162 Å². The van der Waals surface area contributed by atoms with Gasteiger partial charge in [0, 0.05) is 0 Å². The van der Waals surface area contributed by atoms with Gasteiger partial charge >= 0.3 is 0 Å². The lowest BCUT2D eigenvalue weighted by atomic mass is 10.2. The average Bonchev–Trinajstić information content (AvgIpc) is 3.39. The summed E-state index contributed by atoms with van der Waals surface area (Å²) in [5.74, 6) is 3.11. The molecule has 3 heterocycles. The third kappa shape index (κ3) is 3.53. The van der Waals surface area contributed by atoms with Crippen molar-refractivity contribution in [3.05, 3.63) is 47.5 Å². The molecule has 8 heteroatoms. The molecule has 1 saturated heterocycles. The highest BCUT2D eigenvalue weighted by Gasteiger charge is 2.15. The molecular formula is C20H20N4O4. The molecule has 2 aromatic rings. The van der Waals surface area contributed by atoms with Crippen LogP contribution in [0.2, 0.25) is 0 Å². The molecule has 0 aliphatic carbocycles. The van der Waals surface area contributed by atoms with Gasteiger partial charge in [-0.05, 0) is 47.5 Å². The summed E-state index contributed by atoms with van der Waals surface area (Å²) in [6, 6.07) is 11.7. The maximum Gasteiger partial charge on any atom is 0.231 e. The highest BCUT2D eigenvalue weighted by molar-refractivity contribution is 5.81. The Balaban J connectivity index is 1.14. The zero-order valence-electron chi connectivity index (χ0n) is 15.3. The first-order valence-corrected chi connectivity index (χ1v) is 9.21. The fourth-order valence-corrected chi connectivity index (χ4v) is 3.20. The van der Waals surface area contributed by atoms with E-state index in [1.165, 1.54) is 0 Å². The molecule has 8 nitrogen and oxygen atoms in total. The molecule has 0 radical (unpaired) electrons. The summed E-state index contributed by atoms with van der Waals surface area (Å²) in [7, 11) is 0. The number of fused-ring (bicyclic) bond motifs is 2. The van der Waals surface area contributed by atoms with E-state index in [9.17, 15) is 0 Å². The minimum atomic E-state index is 0.282. The Hall–Kier alpha value is -3.42. The second kappa shape index (κ2) is 7.30. The van der Waals surface area contributed by atoms with Crippen LogP contribution in [0.4, 0.5) is 0 Å². The number of piperazine rings is 1. The van der Waals surface area contributed by atoms with Crippen LogP contribution in [0.1, 0.15) is 11.1 Å². The minimum absolute atomic E-state index is 0.282. The molecule has 144 valence electrons. The fourth-order valence-electron chi connectivity index (χ4n) is 3.20. The van der Waals surface area contributed by atoms with Crippen LogP contribution in [0, 0.1) is 0 Å². The zero-order chi connectivity index (χ0) is 18.8. The SMILES string of the molecule is C(=NN1CCN(N=Cc2ccc3c(c2)OCO3)CC1)c1ccc2c(c1)OCO2. The minimum Gasteiger partial charge on any atom is -0.454 e. The summed E-state index contributed by atoms with van der Waals surface area (Å²) in [6.45, 7) is 3.84. The van der Waals surface area contributed by atoms with Gasteiger partial charge in [-0.3, -0.25) is 10.0 Å². The van der Waals surface area contributed by atoms with Crippen molar-refractivity contribution in [1.82, 2.24) is 10.0 Å². The number of nitrogens with zero attached hydrogens (tertiary/aromatic N) is 4. The Morgan fingerprint density at radius 2 is 1.04 bits per heavy atom. The molecule has 0 bridgehead atoms. The Morgan fingerprint density at radius 1 is 0.607 bits per heavy atom. The first kappa shape index (κ1) is 16.7. The quantitative estimate of drug-likeness (QED) is 0.757. The smallest absolute Gasteiger partial charge is 0.231 e. The van der Waals surface area contributed by atoms with Crippen LogP contribution < -0.4 is 18.9 Å². The highest BCUT2D eigenvalue weighted by Crippen LogP contribution is 2.32. The van der Waals surface area contributed by atoms with E-state index in [0.717, 1.165) is 60.3 Å². The lowest BCUT2D eigenvalue weighted by Crippen LogP contribution is -2.41. The summed E-state index contributed by atoms with van der Waals surface area (Å²) < 4.78 is 21.5. The van der Waals surface area contributed by atoms with Gasteiger partial charge in [-0.15, -0.1) is 0 Å². The van der Waals surface area contributed by atoms with Crippen LogP contribution in [0.25, 0.3) is 0 Å². The fraction of sp³-hybridized carbons (Fsp3) is 0.300. The third-order valence-corrected chi connectivity index (χ3v) is 4.77. The molecule has 0 spiro atoms.